The lowest BCUT2D eigenvalue weighted by Crippen LogP contribution is -2.20. The number of hydrogen-bond donors (Lipinski definition) is 2. The van der Waals surface area contributed by atoms with Crippen LogP contribution in [0.15, 0.2) is 54.6 Å². The third kappa shape index (κ3) is 5.80. The SMILES string of the molecule is CC(C)COc1ccc(/C=C\C(=O)NCc2ccccc2)cc1N. The topological polar surface area (TPSA) is 64.3 Å². The zero-order valence-electron chi connectivity index (χ0n) is 14.2. The Kier molecular flexibility index (Phi) is 6.43. The van der Waals surface area contributed by atoms with E-state index in [0.29, 0.717) is 30.5 Å². The molecule has 0 aliphatic carbocycles. The smallest absolute Gasteiger partial charge is 0.244 e. The van der Waals surface area contributed by atoms with Gasteiger partial charge in [0.1, 0.15) is 5.75 Å². The van der Waals surface area contributed by atoms with Crippen LogP contribution in [0.3, 0.4) is 0 Å². The number of nitrogens with one attached hydrogen (secondary N) is 1. The van der Waals surface area contributed by atoms with E-state index in [1.54, 1.807) is 12.1 Å². The molecule has 2 aromatic carbocycles. The maximum Gasteiger partial charge on any atom is 0.244 e. The number of ether oxygens (including phenoxy) is 1. The van der Waals surface area contributed by atoms with Gasteiger partial charge in [0.25, 0.3) is 0 Å². The molecule has 1 amide bonds. The minimum atomic E-state index is -0.141. The highest BCUT2D eigenvalue weighted by atomic mass is 16.5. The Morgan fingerprint density at radius 3 is 2.62 bits per heavy atom. The van der Waals surface area contributed by atoms with Gasteiger partial charge in [-0.15, -0.1) is 0 Å². The lowest BCUT2D eigenvalue weighted by atomic mass is 10.1. The number of carbonyl (C=O) groups is 1. The monoisotopic (exact) mass is 324 g/mol. The van der Waals surface area contributed by atoms with E-state index in [-0.39, 0.29) is 5.91 Å². The predicted molar refractivity (Wildman–Crippen MR) is 98.5 cm³/mol. The average molecular weight is 324 g/mol. The van der Waals surface area contributed by atoms with Crippen LogP contribution >= 0.6 is 0 Å². The van der Waals surface area contributed by atoms with Gasteiger partial charge in [0, 0.05) is 12.6 Å². The maximum absolute atomic E-state index is 11.9. The molecule has 0 heterocycles. The molecule has 0 aliphatic rings. The molecule has 0 aliphatic heterocycles. The van der Waals surface area contributed by atoms with Crippen molar-refractivity contribution in [3.05, 3.63) is 65.7 Å². The fourth-order valence-electron chi connectivity index (χ4n) is 2.07. The number of nitrogen functional groups attached to an aromatic ring is 1. The van der Waals surface area contributed by atoms with E-state index in [1.807, 2.05) is 42.5 Å². The number of amides is 1. The van der Waals surface area contributed by atoms with Crippen LogP contribution in [0.5, 0.6) is 5.75 Å². The van der Waals surface area contributed by atoms with Gasteiger partial charge in [0.15, 0.2) is 0 Å². The molecule has 126 valence electrons. The summed E-state index contributed by atoms with van der Waals surface area (Å²) in [7, 11) is 0. The second kappa shape index (κ2) is 8.77. The second-order valence-electron chi connectivity index (χ2n) is 6.04. The van der Waals surface area contributed by atoms with Crippen LogP contribution in [0.1, 0.15) is 25.0 Å². The molecule has 0 aromatic heterocycles. The van der Waals surface area contributed by atoms with Crippen molar-refractivity contribution in [2.24, 2.45) is 5.92 Å². The van der Waals surface area contributed by atoms with E-state index in [2.05, 4.69) is 19.2 Å². The second-order valence-corrected chi connectivity index (χ2v) is 6.04. The first-order chi connectivity index (χ1) is 11.5. The van der Waals surface area contributed by atoms with Gasteiger partial charge in [-0.2, -0.15) is 0 Å². The van der Waals surface area contributed by atoms with Crippen LogP contribution in [-0.4, -0.2) is 12.5 Å². The Bertz CT molecular complexity index is 694. The average Bonchev–Trinajstić information content (AvgIpc) is 2.58. The first-order valence-electron chi connectivity index (χ1n) is 8.07. The van der Waals surface area contributed by atoms with Crippen LogP contribution in [-0.2, 0) is 11.3 Å². The number of carbonyl (C=O) groups excluding carboxylic acids is 1. The highest BCUT2D eigenvalue weighted by Gasteiger charge is 2.03. The highest BCUT2D eigenvalue weighted by Crippen LogP contribution is 2.23. The van der Waals surface area contributed by atoms with Crippen molar-refractivity contribution in [2.45, 2.75) is 20.4 Å². The lowest BCUT2D eigenvalue weighted by Gasteiger charge is -2.11. The normalized spacial score (nSPS) is 11.0. The molecule has 0 bridgehead atoms. The minimum absolute atomic E-state index is 0.141. The maximum atomic E-state index is 11.9. The zero-order chi connectivity index (χ0) is 17.4. The molecular weight excluding hydrogens is 300 g/mol. The quantitative estimate of drug-likeness (QED) is 0.604. The van der Waals surface area contributed by atoms with Crippen LogP contribution < -0.4 is 15.8 Å². The molecule has 3 N–H and O–H groups in total. The van der Waals surface area contributed by atoms with Crippen molar-refractivity contribution in [1.29, 1.82) is 0 Å². The molecule has 0 fully saturated rings. The van der Waals surface area contributed by atoms with Gasteiger partial charge in [-0.05, 0) is 35.3 Å². The van der Waals surface area contributed by atoms with Crippen molar-refractivity contribution in [3.8, 4) is 5.75 Å². The first kappa shape index (κ1) is 17.6. The molecule has 0 saturated carbocycles. The number of nitrogens with two attached hydrogens (primary N) is 1. The Labute approximate surface area is 143 Å². The van der Waals surface area contributed by atoms with Crippen LogP contribution in [0.25, 0.3) is 6.08 Å². The summed E-state index contributed by atoms with van der Waals surface area (Å²) in [5, 5.41) is 2.85. The van der Waals surface area contributed by atoms with Crippen molar-refractivity contribution in [3.63, 3.8) is 0 Å². The predicted octanol–water partition coefficient (Wildman–Crippen LogP) is 3.63. The standard InChI is InChI=1S/C20H24N2O2/c1-15(2)14-24-19-10-8-16(12-18(19)21)9-11-20(23)22-13-17-6-4-3-5-7-17/h3-12,15H,13-14,21H2,1-2H3,(H,22,23)/b11-9-. The van der Waals surface area contributed by atoms with Gasteiger partial charge in [-0.1, -0.05) is 50.2 Å². The molecule has 2 rings (SSSR count). The third-order valence-corrected chi connectivity index (χ3v) is 3.34. The van der Waals surface area contributed by atoms with Crippen molar-refractivity contribution < 1.29 is 9.53 Å². The fraction of sp³-hybridized carbons (Fsp3) is 0.250. The summed E-state index contributed by atoms with van der Waals surface area (Å²) in [6.45, 7) is 5.30. The number of benzene rings is 2. The number of hydrogen-bond acceptors (Lipinski definition) is 3. The molecule has 0 atom stereocenters. The summed E-state index contributed by atoms with van der Waals surface area (Å²) in [5.74, 6) is 0.976. The van der Waals surface area contributed by atoms with E-state index in [9.17, 15) is 4.79 Å². The molecule has 4 nitrogen and oxygen atoms in total. The Balaban J connectivity index is 1.89. The summed E-state index contributed by atoms with van der Waals surface area (Å²) in [6.07, 6.45) is 3.25. The zero-order valence-corrected chi connectivity index (χ0v) is 14.2. The van der Waals surface area contributed by atoms with Crippen molar-refractivity contribution in [2.75, 3.05) is 12.3 Å². The van der Waals surface area contributed by atoms with Gasteiger partial charge in [0.2, 0.25) is 5.91 Å². The van der Waals surface area contributed by atoms with Gasteiger partial charge < -0.3 is 15.8 Å². The lowest BCUT2D eigenvalue weighted by molar-refractivity contribution is -0.116. The molecular formula is C20H24N2O2. The fourth-order valence-corrected chi connectivity index (χ4v) is 2.07. The molecule has 2 aromatic rings. The summed E-state index contributed by atoms with van der Waals surface area (Å²) >= 11 is 0. The Morgan fingerprint density at radius 2 is 1.96 bits per heavy atom. The molecule has 0 saturated heterocycles. The Hall–Kier alpha value is -2.75. The highest BCUT2D eigenvalue weighted by molar-refractivity contribution is 5.91. The van der Waals surface area contributed by atoms with E-state index in [4.69, 9.17) is 10.5 Å². The minimum Gasteiger partial charge on any atom is -0.491 e. The Morgan fingerprint density at radius 1 is 1.21 bits per heavy atom. The number of rotatable bonds is 7. The molecule has 0 radical (unpaired) electrons. The van der Waals surface area contributed by atoms with Gasteiger partial charge in [-0.3, -0.25) is 4.79 Å². The summed E-state index contributed by atoms with van der Waals surface area (Å²) in [5.41, 5.74) is 8.49. The largest absolute Gasteiger partial charge is 0.491 e. The van der Waals surface area contributed by atoms with E-state index in [1.165, 1.54) is 6.08 Å². The first-order valence-corrected chi connectivity index (χ1v) is 8.07. The molecule has 4 heteroatoms. The van der Waals surface area contributed by atoms with Gasteiger partial charge in [-0.25, -0.2) is 0 Å². The number of anilines is 1. The molecule has 24 heavy (non-hydrogen) atoms. The third-order valence-electron chi connectivity index (χ3n) is 3.34. The van der Waals surface area contributed by atoms with Crippen LogP contribution in [0, 0.1) is 5.92 Å². The van der Waals surface area contributed by atoms with E-state index >= 15 is 0 Å². The molecule has 0 spiro atoms. The van der Waals surface area contributed by atoms with Crippen molar-refractivity contribution in [1.82, 2.24) is 5.32 Å². The van der Waals surface area contributed by atoms with E-state index in [0.717, 1.165) is 11.1 Å². The summed E-state index contributed by atoms with van der Waals surface area (Å²) < 4.78 is 5.64. The van der Waals surface area contributed by atoms with Gasteiger partial charge >= 0.3 is 0 Å². The van der Waals surface area contributed by atoms with Crippen LogP contribution in [0.2, 0.25) is 0 Å². The molecule has 0 unspecified atom stereocenters. The van der Waals surface area contributed by atoms with Crippen molar-refractivity contribution >= 4 is 17.7 Å². The van der Waals surface area contributed by atoms with Gasteiger partial charge in [0.05, 0.1) is 12.3 Å². The van der Waals surface area contributed by atoms with Crippen LogP contribution in [0.4, 0.5) is 5.69 Å². The summed E-state index contributed by atoms with van der Waals surface area (Å²) in [6, 6.07) is 15.3. The van der Waals surface area contributed by atoms with E-state index < -0.39 is 0 Å². The summed E-state index contributed by atoms with van der Waals surface area (Å²) in [4.78, 5) is 11.9.